The van der Waals surface area contributed by atoms with Gasteiger partial charge in [-0.3, -0.25) is 14.5 Å². The van der Waals surface area contributed by atoms with Crippen LogP contribution >= 0.6 is 39.9 Å². The highest BCUT2D eigenvalue weighted by Crippen LogP contribution is 2.45. The van der Waals surface area contributed by atoms with Crippen molar-refractivity contribution in [2.75, 3.05) is 18.0 Å². The lowest BCUT2D eigenvalue weighted by Crippen LogP contribution is -2.33. The number of hydrogen-bond acceptors (Lipinski definition) is 4. The number of anilines is 1. The first-order valence-corrected chi connectivity index (χ1v) is 12.3. The van der Waals surface area contributed by atoms with Crippen LogP contribution in [0, 0.1) is 5.92 Å². The zero-order valence-corrected chi connectivity index (χ0v) is 20.4. The van der Waals surface area contributed by atoms with Gasteiger partial charge in [0, 0.05) is 23.1 Å². The van der Waals surface area contributed by atoms with Crippen molar-refractivity contribution in [3.05, 3.63) is 33.1 Å². The second-order valence-corrected chi connectivity index (χ2v) is 10.1. The van der Waals surface area contributed by atoms with E-state index in [1.54, 1.807) is 9.80 Å². The predicted octanol–water partition coefficient (Wildman–Crippen LogP) is 5.99. The Balaban J connectivity index is 1.97. The van der Waals surface area contributed by atoms with Crippen molar-refractivity contribution < 1.29 is 9.59 Å². The van der Waals surface area contributed by atoms with Gasteiger partial charge in [-0.1, -0.05) is 79.9 Å². The van der Waals surface area contributed by atoms with E-state index >= 15 is 0 Å². The maximum Gasteiger partial charge on any atom is 0.267 e. The van der Waals surface area contributed by atoms with Crippen LogP contribution in [0.4, 0.5) is 5.69 Å². The molecule has 2 amide bonds. The Morgan fingerprint density at radius 3 is 2.52 bits per heavy atom. The SMILES string of the molecule is CCCCC(CC)CN1C(=O)/C(=C2/C(=O)N(CCC)c3ccc(Br)cc32)SC1=S. The number of amides is 2. The van der Waals surface area contributed by atoms with Crippen LogP contribution in [0.3, 0.4) is 0 Å². The summed E-state index contributed by atoms with van der Waals surface area (Å²) in [5, 5.41) is 0. The summed E-state index contributed by atoms with van der Waals surface area (Å²) in [5.41, 5.74) is 2.18. The fraction of sp³-hybridized carbons (Fsp3) is 0.500. The van der Waals surface area contributed by atoms with E-state index in [0.29, 0.717) is 33.8 Å². The van der Waals surface area contributed by atoms with E-state index in [1.165, 1.54) is 11.8 Å². The third kappa shape index (κ3) is 4.47. The Kier molecular flexibility index (Phi) is 7.57. The van der Waals surface area contributed by atoms with Gasteiger partial charge in [0.2, 0.25) is 0 Å². The molecule has 0 spiro atoms. The third-order valence-electron chi connectivity index (χ3n) is 5.49. The van der Waals surface area contributed by atoms with Gasteiger partial charge in [0.05, 0.1) is 16.2 Å². The molecule has 0 radical (unpaired) electrons. The van der Waals surface area contributed by atoms with Crippen molar-refractivity contribution >= 4 is 67.3 Å². The van der Waals surface area contributed by atoms with Crippen LogP contribution in [0.2, 0.25) is 0 Å². The molecule has 3 rings (SSSR count). The molecular formula is C22H27BrN2O2S2. The first-order valence-electron chi connectivity index (χ1n) is 10.3. The molecule has 1 fully saturated rings. The summed E-state index contributed by atoms with van der Waals surface area (Å²) in [6.45, 7) is 7.65. The molecule has 2 aliphatic rings. The van der Waals surface area contributed by atoms with Gasteiger partial charge in [0.15, 0.2) is 0 Å². The van der Waals surface area contributed by atoms with Crippen molar-refractivity contribution in [3.63, 3.8) is 0 Å². The van der Waals surface area contributed by atoms with E-state index in [-0.39, 0.29) is 11.8 Å². The maximum absolute atomic E-state index is 13.3. The predicted molar refractivity (Wildman–Crippen MR) is 129 cm³/mol. The van der Waals surface area contributed by atoms with E-state index in [0.717, 1.165) is 47.8 Å². The Hall–Kier alpha value is -1.18. The molecule has 0 saturated carbocycles. The van der Waals surface area contributed by atoms with Gasteiger partial charge < -0.3 is 4.90 Å². The van der Waals surface area contributed by atoms with Crippen molar-refractivity contribution in [1.29, 1.82) is 0 Å². The van der Waals surface area contributed by atoms with Crippen molar-refractivity contribution in [2.45, 2.75) is 52.9 Å². The van der Waals surface area contributed by atoms with Crippen molar-refractivity contribution in [1.82, 2.24) is 4.90 Å². The summed E-state index contributed by atoms with van der Waals surface area (Å²) < 4.78 is 1.45. The number of unbranched alkanes of at least 4 members (excludes halogenated alkanes) is 1. The standard InChI is InChI=1S/C22H27BrN2O2S2/c1-4-7-8-14(6-3)13-25-21(27)19(29-22(25)28)18-16-12-15(23)9-10-17(16)24(11-5-2)20(18)26/h9-10,12,14H,4-8,11,13H2,1-3H3/b19-18-. The number of nitrogens with zero attached hydrogens (tertiary/aromatic N) is 2. The number of halogens is 1. The molecule has 156 valence electrons. The molecule has 0 aliphatic carbocycles. The molecule has 0 N–H and O–H groups in total. The highest BCUT2D eigenvalue weighted by molar-refractivity contribution is 9.10. The average Bonchev–Trinajstić information content (AvgIpc) is 3.12. The Bertz CT molecular complexity index is 868. The molecule has 4 nitrogen and oxygen atoms in total. The molecule has 7 heteroatoms. The van der Waals surface area contributed by atoms with E-state index in [9.17, 15) is 9.59 Å². The molecule has 1 unspecified atom stereocenters. The number of thioether (sulfide) groups is 1. The Morgan fingerprint density at radius 2 is 1.86 bits per heavy atom. The molecule has 1 atom stereocenters. The number of rotatable bonds is 8. The van der Waals surface area contributed by atoms with E-state index < -0.39 is 0 Å². The van der Waals surface area contributed by atoms with Gasteiger partial charge in [0.1, 0.15) is 4.32 Å². The smallest absolute Gasteiger partial charge is 0.267 e. The highest BCUT2D eigenvalue weighted by atomic mass is 79.9. The summed E-state index contributed by atoms with van der Waals surface area (Å²) in [6.07, 6.45) is 5.26. The van der Waals surface area contributed by atoms with E-state index in [1.807, 2.05) is 25.1 Å². The second kappa shape index (κ2) is 9.75. The minimum atomic E-state index is -0.123. The van der Waals surface area contributed by atoms with E-state index in [4.69, 9.17) is 12.2 Å². The summed E-state index contributed by atoms with van der Waals surface area (Å²) in [4.78, 5) is 30.5. The number of thiocarbonyl (C=S) groups is 1. The van der Waals surface area contributed by atoms with Crippen LogP contribution in [0.25, 0.3) is 5.57 Å². The summed E-state index contributed by atoms with van der Waals surface area (Å²) in [6, 6.07) is 5.81. The lowest BCUT2D eigenvalue weighted by molar-refractivity contribution is -0.123. The monoisotopic (exact) mass is 494 g/mol. The van der Waals surface area contributed by atoms with Crippen LogP contribution < -0.4 is 4.90 Å². The first-order chi connectivity index (χ1) is 13.9. The van der Waals surface area contributed by atoms with Gasteiger partial charge in [0.25, 0.3) is 11.8 Å². The molecule has 0 bridgehead atoms. The number of carbonyl (C=O) groups is 2. The number of benzene rings is 1. The summed E-state index contributed by atoms with van der Waals surface area (Å²) in [5.74, 6) is 0.208. The summed E-state index contributed by atoms with van der Waals surface area (Å²) in [7, 11) is 0. The quantitative estimate of drug-likeness (QED) is 0.328. The van der Waals surface area contributed by atoms with Crippen LogP contribution in [0.5, 0.6) is 0 Å². The van der Waals surface area contributed by atoms with Crippen LogP contribution in [0.1, 0.15) is 58.4 Å². The zero-order chi connectivity index (χ0) is 21.1. The van der Waals surface area contributed by atoms with Gasteiger partial charge in [-0.05, 0) is 37.0 Å². The third-order valence-corrected chi connectivity index (χ3v) is 7.43. The topological polar surface area (TPSA) is 40.6 Å². The molecule has 29 heavy (non-hydrogen) atoms. The van der Waals surface area contributed by atoms with Crippen LogP contribution in [-0.2, 0) is 9.59 Å². The minimum absolute atomic E-state index is 0.0986. The second-order valence-electron chi connectivity index (χ2n) is 7.52. The van der Waals surface area contributed by atoms with Crippen molar-refractivity contribution in [2.24, 2.45) is 5.92 Å². The van der Waals surface area contributed by atoms with E-state index in [2.05, 4.69) is 29.8 Å². The zero-order valence-electron chi connectivity index (χ0n) is 17.2. The van der Waals surface area contributed by atoms with Crippen LogP contribution in [-0.4, -0.2) is 34.1 Å². The largest absolute Gasteiger partial charge is 0.308 e. The number of fused-ring (bicyclic) bond motifs is 1. The fourth-order valence-electron chi connectivity index (χ4n) is 3.85. The van der Waals surface area contributed by atoms with Gasteiger partial charge in [-0.15, -0.1) is 0 Å². The highest BCUT2D eigenvalue weighted by Gasteiger charge is 2.42. The molecule has 2 heterocycles. The Labute approximate surface area is 191 Å². The van der Waals surface area contributed by atoms with Crippen molar-refractivity contribution in [3.8, 4) is 0 Å². The maximum atomic E-state index is 13.3. The molecule has 2 aliphatic heterocycles. The molecule has 1 aromatic rings. The molecule has 1 saturated heterocycles. The Morgan fingerprint density at radius 1 is 1.10 bits per heavy atom. The normalized spacial score (nSPS) is 20.1. The van der Waals surface area contributed by atoms with Gasteiger partial charge in [-0.25, -0.2) is 0 Å². The molecule has 1 aromatic carbocycles. The lowest BCUT2D eigenvalue weighted by Gasteiger charge is -2.21. The van der Waals surface area contributed by atoms with Gasteiger partial charge in [-0.2, -0.15) is 0 Å². The fourth-order valence-corrected chi connectivity index (χ4v) is 5.56. The average molecular weight is 496 g/mol. The van der Waals surface area contributed by atoms with Gasteiger partial charge >= 0.3 is 0 Å². The molecular weight excluding hydrogens is 468 g/mol. The molecule has 0 aromatic heterocycles. The minimum Gasteiger partial charge on any atom is -0.308 e. The first kappa shape index (κ1) is 22.5. The van der Waals surface area contributed by atoms with Crippen LogP contribution in [0.15, 0.2) is 27.6 Å². The lowest BCUT2D eigenvalue weighted by atomic mass is 9.98. The number of carbonyl (C=O) groups excluding carboxylic acids is 2. The number of hydrogen-bond donors (Lipinski definition) is 0. The summed E-state index contributed by atoms with van der Waals surface area (Å²) >= 11 is 10.3.